The van der Waals surface area contributed by atoms with Crippen LogP contribution in [0.2, 0.25) is 0 Å². The van der Waals surface area contributed by atoms with Gasteiger partial charge in [-0.15, -0.1) is 0 Å². The molecule has 2 bridgehead atoms. The molecule has 4 rings (SSSR count). The highest BCUT2D eigenvalue weighted by molar-refractivity contribution is 6.02. The summed E-state index contributed by atoms with van der Waals surface area (Å²) in [5.41, 5.74) is 0.955. The normalized spacial score (nSPS) is 27.9. The molecule has 102 valence electrons. The summed E-state index contributed by atoms with van der Waals surface area (Å²) in [6.45, 7) is 0. The first-order valence-corrected chi connectivity index (χ1v) is 7.60. The quantitative estimate of drug-likeness (QED) is 0.865. The number of carbonyl (C=O) groups excluding carboxylic acids is 1. The van der Waals surface area contributed by atoms with E-state index in [1.54, 1.807) is 0 Å². The number of amides is 1. The first-order valence-electron chi connectivity index (χ1n) is 7.60. The Labute approximate surface area is 119 Å². The average molecular weight is 265 g/mol. The second-order valence-corrected chi connectivity index (χ2v) is 6.30. The van der Waals surface area contributed by atoms with Crippen LogP contribution < -0.4 is 5.32 Å². The van der Waals surface area contributed by atoms with Gasteiger partial charge in [0.1, 0.15) is 0 Å². The molecule has 2 nitrogen and oxygen atoms in total. The molecule has 0 aliphatic heterocycles. The molecule has 0 heterocycles. The first kappa shape index (κ1) is 12.0. The number of carbonyl (C=O) groups is 1. The molecule has 1 amide bonds. The van der Waals surface area contributed by atoms with Gasteiger partial charge >= 0.3 is 0 Å². The van der Waals surface area contributed by atoms with E-state index in [9.17, 15) is 4.79 Å². The fraction of sp³-hybridized carbons (Fsp3) is 0.389. The highest BCUT2D eigenvalue weighted by atomic mass is 16.1. The van der Waals surface area contributed by atoms with Crippen LogP contribution >= 0.6 is 0 Å². The Kier molecular flexibility index (Phi) is 2.76. The van der Waals surface area contributed by atoms with Crippen molar-refractivity contribution in [1.29, 1.82) is 0 Å². The molecule has 2 saturated carbocycles. The predicted molar refractivity (Wildman–Crippen MR) is 81.5 cm³/mol. The number of hydrogen-bond donors (Lipinski definition) is 1. The summed E-state index contributed by atoms with van der Waals surface area (Å²) in [4.78, 5) is 12.5. The van der Waals surface area contributed by atoms with E-state index < -0.39 is 0 Å². The minimum absolute atomic E-state index is 0.230. The largest absolute Gasteiger partial charge is 0.325 e. The van der Waals surface area contributed by atoms with Gasteiger partial charge in [-0.1, -0.05) is 42.8 Å². The minimum atomic E-state index is 0.230. The smallest absolute Gasteiger partial charge is 0.227 e. The second kappa shape index (κ2) is 4.62. The maximum atomic E-state index is 12.5. The number of hydrogen-bond acceptors (Lipinski definition) is 1. The summed E-state index contributed by atoms with van der Waals surface area (Å²) in [6.07, 6.45) is 4.95. The van der Waals surface area contributed by atoms with Crippen molar-refractivity contribution in [2.45, 2.75) is 25.7 Å². The van der Waals surface area contributed by atoms with Crippen molar-refractivity contribution in [3.05, 3.63) is 42.5 Å². The van der Waals surface area contributed by atoms with Crippen LogP contribution in [0, 0.1) is 17.8 Å². The third kappa shape index (κ3) is 1.91. The molecule has 20 heavy (non-hydrogen) atoms. The molecular weight excluding hydrogens is 246 g/mol. The molecule has 0 spiro atoms. The van der Waals surface area contributed by atoms with E-state index in [0.717, 1.165) is 23.4 Å². The van der Waals surface area contributed by atoms with Crippen LogP contribution in [0.5, 0.6) is 0 Å². The highest BCUT2D eigenvalue weighted by Crippen LogP contribution is 2.48. The van der Waals surface area contributed by atoms with Gasteiger partial charge in [0.05, 0.1) is 0 Å². The summed E-state index contributed by atoms with van der Waals surface area (Å²) in [6, 6.07) is 14.3. The number of fused-ring (bicyclic) bond motifs is 3. The Morgan fingerprint density at radius 2 is 1.85 bits per heavy atom. The van der Waals surface area contributed by atoms with E-state index in [1.165, 1.54) is 24.6 Å². The Bertz CT molecular complexity index is 658. The van der Waals surface area contributed by atoms with Gasteiger partial charge in [0.15, 0.2) is 0 Å². The Morgan fingerprint density at radius 1 is 1.00 bits per heavy atom. The van der Waals surface area contributed by atoms with Crippen LogP contribution in [0.25, 0.3) is 10.8 Å². The number of nitrogens with one attached hydrogen (secondary N) is 1. The first-order chi connectivity index (χ1) is 9.81. The summed E-state index contributed by atoms with van der Waals surface area (Å²) >= 11 is 0. The van der Waals surface area contributed by atoms with E-state index in [1.807, 2.05) is 24.3 Å². The van der Waals surface area contributed by atoms with Crippen LogP contribution in [0.3, 0.4) is 0 Å². The molecular formula is C18H19NO. The van der Waals surface area contributed by atoms with E-state index >= 15 is 0 Å². The van der Waals surface area contributed by atoms with Crippen molar-refractivity contribution in [3.63, 3.8) is 0 Å². The molecule has 2 aromatic rings. The predicted octanol–water partition coefficient (Wildman–Crippen LogP) is 4.21. The van der Waals surface area contributed by atoms with Crippen molar-refractivity contribution in [2.24, 2.45) is 17.8 Å². The lowest BCUT2D eigenvalue weighted by atomic mass is 9.88. The lowest BCUT2D eigenvalue weighted by molar-refractivity contribution is -0.121. The maximum absolute atomic E-state index is 12.5. The standard InChI is InChI=1S/C18H19NO/c20-18(16-11-12-8-9-14(16)10-12)19-17-7-3-5-13-4-1-2-6-15(13)17/h1-7,12,14,16H,8-11H2,(H,19,20)/t12-,14-,16-/m1/s1. The van der Waals surface area contributed by atoms with Crippen LogP contribution in [0.15, 0.2) is 42.5 Å². The lowest BCUT2D eigenvalue weighted by Crippen LogP contribution is -2.27. The van der Waals surface area contributed by atoms with Gasteiger partial charge < -0.3 is 5.32 Å². The molecule has 0 unspecified atom stereocenters. The number of anilines is 1. The Balaban J connectivity index is 1.60. The third-order valence-corrected chi connectivity index (χ3v) is 5.12. The minimum Gasteiger partial charge on any atom is -0.325 e. The Morgan fingerprint density at radius 3 is 2.65 bits per heavy atom. The summed E-state index contributed by atoms with van der Waals surface area (Å²) < 4.78 is 0. The molecule has 2 aliphatic carbocycles. The van der Waals surface area contributed by atoms with E-state index in [2.05, 4.69) is 23.5 Å². The molecule has 2 aromatic carbocycles. The van der Waals surface area contributed by atoms with Gasteiger partial charge in [-0.25, -0.2) is 0 Å². The van der Waals surface area contributed by atoms with Crippen molar-refractivity contribution >= 4 is 22.4 Å². The van der Waals surface area contributed by atoms with Crippen molar-refractivity contribution < 1.29 is 4.79 Å². The molecule has 2 aliphatic rings. The molecule has 0 radical (unpaired) electrons. The summed E-state index contributed by atoms with van der Waals surface area (Å²) in [5.74, 6) is 1.92. The maximum Gasteiger partial charge on any atom is 0.227 e. The topological polar surface area (TPSA) is 29.1 Å². The van der Waals surface area contributed by atoms with Gasteiger partial charge in [0.2, 0.25) is 5.91 Å². The van der Waals surface area contributed by atoms with Gasteiger partial charge in [-0.05, 0) is 42.6 Å². The van der Waals surface area contributed by atoms with Crippen molar-refractivity contribution in [3.8, 4) is 0 Å². The fourth-order valence-electron chi connectivity index (χ4n) is 4.13. The number of rotatable bonds is 2. The van der Waals surface area contributed by atoms with E-state index in [-0.39, 0.29) is 11.8 Å². The highest BCUT2D eigenvalue weighted by Gasteiger charge is 2.43. The SMILES string of the molecule is O=C(Nc1cccc2ccccc12)[C@@H]1C[C@@H]2CC[C@@H]1C2. The van der Waals surface area contributed by atoms with Crippen LogP contribution in [0.4, 0.5) is 5.69 Å². The van der Waals surface area contributed by atoms with Crippen LogP contribution in [-0.4, -0.2) is 5.91 Å². The molecule has 0 aromatic heterocycles. The van der Waals surface area contributed by atoms with E-state index in [4.69, 9.17) is 0 Å². The lowest BCUT2D eigenvalue weighted by Gasteiger charge is -2.21. The molecule has 2 fully saturated rings. The fourth-order valence-corrected chi connectivity index (χ4v) is 4.13. The molecule has 3 atom stereocenters. The van der Waals surface area contributed by atoms with Gasteiger partial charge in [-0.2, -0.15) is 0 Å². The van der Waals surface area contributed by atoms with Gasteiger partial charge in [0, 0.05) is 17.0 Å². The monoisotopic (exact) mass is 265 g/mol. The summed E-state index contributed by atoms with van der Waals surface area (Å²) in [5, 5.41) is 5.48. The van der Waals surface area contributed by atoms with Crippen LogP contribution in [0.1, 0.15) is 25.7 Å². The number of benzene rings is 2. The Hall–Kier alpha value is -1.83. The zero-order valence-electron chi connectivity index (χ0n) is 11.5. The molecule has 2 heteroatoms. The molecule has 1 N–H and O–H groups in total. The second-order valence-electron chi connectivity index (χ2n) is 6.30. The zero-order valence-corrected chi connectivity index (χ0v) is 11.5. The zero-order chi connectivity index (χ0) is 13.5. The molecule has 0 saturated heterocycles. The average Bonchev–Trinajstić information content (AvgIpc) is 3.10. The van der Waals surface area contributed by atoms with Gasteiger partial charge in [0.25, 0.3) is 0 Å². The van der Waals surface area contributed by atoms with Crippen molar-refractivity contribution in [1.82, 2.24) is 0 Å². The van der Waals surface area contributed by atoms with Crippen LogP contribution in [-0.2, 0) is 4.79 Å². The van der Waals surface area contributed by atoms with Gasteiger partial charge in [-0.3, -0.25) is 4.79 Å². The summed E-state index contributed by atoms with van der Waals surface area (Å²) in [7, 11) is 0. The van der Waals surface area contributed by atoms with Crippen molar-refractivity contribution in [2.75, 3.05) is 5.32 Å². The third-order valence-electron chi connectivity index (χ3n) is 5.12. The van der Waals surface area contributed by atoms with E-state index in [0.29, 0.717) is 5.92 Å².